The van der Waals surface area contributed by atoms with Crippen molar-refractivity contribution in [3.05, 3.63) is 0 Å². The highest BCUT2D eigenvalue weighted by atomic mass is 16.5. The van der Waals surface area contributed by atoms with Gasteiger partial charge in [-0.15, -0.1) is 6.42 Å². The molecule has 1 unspecified atom stereocenters. The van der Waals surface area contributed by atoms with Gasteiger partial charge in [0.05, 0.1) is 25.8 Å². The molecule has 17 heavy (non-hydrogen) atoms. The first-order valence-corrected chi connectivity index (χ1v) is 5.98. The standard InChI is InChI=1S/C12H21N3O2/c1-3-4-14-12(16)11(2)13-5-6-15-7-9-17-10-8-15/h1,11,13H,4-10H2,2H3,(H,14,16). The highest BCUT2D eigenvalue weighted by Crippen LogP contribution is 1.95. The Morgan fingerprint density at radius 1 is 1.53 bits per heavy atom. The number of hydrogen-bond donors (Lipinski definition) is 2. The molecule has 0 spiro atoms. The van der Waals surface area contributed by atoms with E-state index in [0.717, 1.165) is 39.4 Å². The molecule has 0 aromatic carbocycles. The van der Waals surface area contributed by atoms with Crippen molar-refractivity contribution >= 4 is 5.91 Å². The molecule has 1 amide bonds. The van der Waals surface area contributed by atoms with Crippen LogP contribution in [0.25, 0.3) is 0 Å². The van der Waals surface area contributed by atoms with Crippen molar-refractivity contribution in [1.82, 2.24) is 15.5 Å². The fraction of sp³-hybridized carbons (Fsp3) is 0.750. The first-order valence-electron chi connectivity index (χ1n) is 5.98. The summed E-state index contributed by atoms with van der Waals surface area (Å²) in [5.41, 5.74) is 0. The molecule has 0 bridgehead atoms. The molecule has 96 valence electrons. The molecule has 5 heteroatoms. The van der Waals surface area contributed by atoms with Crippen LogP contribution in [0.4, 0.5) is 0 Å². The molecule has 0 aliphatic carbocycles. The van der Waals surface area contributed by atoms with E-state index in [2.05, 4.69) is 21.5 Å². The Kier molecular flexibility index (Phi) is 6.63. The molecule has 1 saturated heterocycles. The summed E-state index contributed by atoms with van der Waals surface area (Å²) in [6, 6.07) is -0.204. The van der Waals surface area contributed by atoms with Crippen LogP contribution in [0.2, 0.25) is 0 Å². The van der Waals surface area contributed by atoms with Gasteiger partial charge in [0.25, 0.3) is 0 Å². The highest BCUT2D eigenvalue weighted by molar-refractivity contribution is 5.81. The van der Waals surface area contributed by atoms with Gasteiger partial charge in [0.15, 0.2) is 0 Å². The van der Waals surface area contributed by atoms with Gasteiger partial charge in [-0.25, -0.2) is 0 Å². The Hall–Kier alpha value is -1.09. The number of morpholine rings is 1. The van der Waals surface area contributed by atoms with E-state index in [4.69, 9.17) is 11.2 Å². The van der Waals surface area contributed by atoms with Crippen molar-refractivity contribution in [2.45, 2.75) is 13.0 Å². The Bertz CT molecular complexity index is 269. The molecule has 1 fully saturated rings. The summed E-state index contributed by atoms with van der Waals surface area (Å²) in [5, 5.41) is 5.82. The third kappa shape index (κ3) is 5.68. The second-order valence-corrected chi connectivity index (χ2v) is 4.05. The van der Waals surface area contributed by atoms with Crippen LogP contribution in [0, 0.1) is 12.3 Å². The molecule has 1 aliphatic rings. The Balaban J connectivity index is 2.08. The lowest BCUT2D eigenvalue weighted by Gasteiger charge is -2.27. The van der Waals surface area contributed by atoms with Crippen LogP contribution >= 0.6 is 0 Å². The van der Waals surface area contributed by atoms with Crippen LogP contribution in [0.1, 0.15) is 6.92 Å². The average Bonchev–Trinajstić information content (AvgIpc) is 2.37. The summed E-state index contributed by atoms with van der Waals surface area (Å²) in [6.07, 6.45) is 5.07. The lowest BCUT2D eigenvalue weighted by atomic mass is 10.3. The molecule has 0 saturated carbocycles. The second-order valence-electron chi connectivity index (χ2n) is 4.05. The van der Waals surface area contributed by atoms with Crippen LogP contribution in [0.15, 0.2) is 0 Å². The molecule has 1 rings (SSSR count). The molecule has 0 aromatic rings. The van der Waals surface area contributed by atoms with Gasteiger partial charge in [-0.3, -0.25) is 9.69 Å². The Morgan fingerprint density at radius 3 is 2.88 bits per heavy atom. The smallest absolute Gasteiger partial charge is 0.237 e. The topological polar surface area (TPSA) is 53.6 Å². The number of carbonyl (C=O) groups excluding carboxylic acids is 1. The lowest BCUT2D eigenvalue weighted by Crippen LogP contribution is -2.46. The van der Waals surface area contributed by atoms with E-state index in [1.807, 2.05) is 6.92 Å². The third-order valence-electron chi connectivity index (χ3n) is 2.74. The molecule has 2 N–H and O–H groups in total. The number of amides is 1. The van der Waals surface area contributed by atoms with E-state index in [1.54, 1.807) is 0 Å². The van der Waals surface area contributed by atoms with Gasteiger partial charge in [0.2, 0.25) is 5.91 Å². The van der Waals surface area contributed by atoms with E-state index < -0.39 is 0 Å². The quantitative estimate of drug-likeness (QED) is 0.587. The van der Waals surface area contributed by atoms with Crippen molar-refractivity contribution in [2.75, 3.05) is 45.9 Å². The predicted molar refractivity (Wildman–Crippen MR) is 66.6 cm³/mol. The molecular formula is C12H21N3O2. The Labute approximate surface area is 103 Å². The summed E-state index contributed by atoms with van der Waals surface area (Å²) >= 11 is 0. The number of nitrogens with one attached hydrogen (secondary N) is 2. The SMILES string of the molecule is C#CCNC(=O)C(C)NCCN1CCOCC1. The van der Waals surface area contributed by atoms with E-state index in [9.17, 15) is 4.79 Å². The minimum absolute atomic E-state index is 0.0510. The van der Waals surface area contributed by atoms with Crippen molar-refractivity contribution < 1.29 is 9.53 Å². The second kappa shape index (κ2) is 8.07. The van der Waals surface area contributed by atoms with Crippen molar-refractivity contribution in [3.63, 3.8) is 0 Å². The molecule has 5 nitrogen and oxygen atoms in total. The summed E-state index contributed by atoms with van der Waals surface area (Å²) in [4.78, 5) is 13.8. The zero-order valence-electron chi connectivity index (χ0n) is 10.4. The van der Waals surface area contributed by atoms with Gasteiger partial charge in [-0.2, -0.15) is 0 Å². The molecule has 1 atom stereocenters. The molecule has 0 aromatic heterocycles. The number of carbonyl (C=O) groups is 1. The number of hydrogen-bond acceptors (Lipinski definition) is 4. The minimum Gasteiger partial charge on any atom is -0.379 e. The maximum atomic E-state index is 11.5. The van der Waals surface area contributed by atoms with Crippen molar-refractivity contribution in [1.29, 1.82) is 0 Å². The van der Waals surface area contributed by atoms with Crippen molar-refractivity contribution in [3.8, 4) is 12.3 Å². The highest BCUT2D eigenvalue weighted by Gasteiger charge is 2.13. The molecular weight excluding hydrogens is 218 g/mol. The zero-order valence-corrected chi connectivity index (χ0v) is 10.4. The minimum atomic E-state index is -0.204. The van der Waals surface area contributed by atoms with E-state index in [0.29, 0.717) is 0 Å². The summed E-state index contributed by atoms with van der Waals surface area (Å²) in [7, 11) is 0. The van der Waals surface area contributed by atoms with Gasteiger partial charge in [0, 0.05) is 26.2 Å². The summed E-state index contributed by atoms with van der Waals surface area (Å²) in [5.74, 6) is 2.33. The monoisotopic (exact) mass is 239 g/mol. The summed E-state index contributed by atoms with van der Waals surface area (Å²) in [6.45, 7) is 7.41. The zero-order chi connectivity index (χ0) is 12.5. The first kappa shape index (κ1) is 14.0. The van der Waals surface area contributed by atoms with Gasteiger partial charge in [-0.1, -0.05) is 5.92 Å². The predicted octanol–water partition coefficient (Wildman–Crippen LogP) is -0.954. The van der Waals surface area contributed by atoms with Gasteiger partial charge < -0.3 is 15.4 Å². The molecule has 1 aliphatic heterocycles. The fourth-order valence-corrected chi connectivity index (χ4v) is 1.65. The van der Waals surface area contributed by atoms with Crippen LogP contribution < -0.4 is 10.6 Å². The van der Waals surface area contributed by atoms with Gasteiger partial charge in [-0.05, 0) is 6.92 Å². The maximum absolute atomic E-state index is 11.5. The normalized spacial score (nSPS) is 18.4. The largest absolute Gasteiger partial charge is 0.379 e. The molecule has 1 heterocycles. The van der Waals surface area contributed by atoms with E-state index in [-0.39, 0.29) is 18.5 Å². The van der Waals surface area contributed by atoms with Crippen LogP contribution in [0.3, 0.4) is 0 Å². The van der Waals surface area contributed by atoms with Crippen LogP contribution in [-0.2, 0) is 9.53 Å². The molecule has 0 radical (unpaired) electrons. The average molecular weight is 239 g/mol. The number of nitrogens with zero attached hydrogens (tertiary/aromatic N) is 1. The van der Waals surface area contributed by atoms with Gasteiger partial charge >= 0.3 is 0 Å². The van der Waals surface area contributed by atoms with Gasteiger partial charge in [0.1, 0.15) is 0 Å². The number of ether oxygens (including phenoxy) is 1. The van der Waals surface area contributed by atoms with E-state index >= 15 is 0 Å². The van der Waals surface area contributed by atoms with E-state index in [1.165, 1.54) is 0 Å². The third-order valence-corrected chi connectivity index (χ3v) is 2.74. The Morgan fingerprint density at radius 2 is 2.24 bits per heavy atom. The maximum Gasteiger partial charge on any atom is 0.237 e. The van der Waals surface area contributed by atoms with Crippen molar-refractivity contribution in [2.24, 2.45) is 0 Å². The lowest BCUT2D eigenvalue weighted by molar-refractivity contribution is -0.122. The number of terminal acetylenes is 1. The fourth-order valence-electron chi connectivity index (χ4n) is 1.65. The first-order chi connectivity index (χ1) is 8.24. The number of rotatable bonds is 6. The van der Waals surface area contributed by atoms with Crippen LogP contribution in [-0.4, -0.2) is 62.8 Å². The van der Waals surface area contributed by atoms with Crippen LogP contribution in [0.5, 0.6) is 0 Å². The summed E-state index contributed by atoms with van der Waals surface area (Å²) < 4.78 is 5.26.